The summed E-state index contributed by atoms with van der Waals surface area (Å²) < 4.78 is 0. The van der Waals surface area contributed by atoms with E-state index < -0.39 is 0 Å². The summed E-state index contributed by atoms with van der Waals surface area (Å²) >= 11 is 0. The maximum absolute atomic E-state index is 9.34. The smallest absolute Gasteiger partial charge is 0.125 e. The van der Waals surface area contributed by atoms with E-state index in [0.29, 0.717) is 6.42 Å². The third-order valence-electron chi connectivity index (χ3n) is 6.02. The van der Waals surface area contributed by atoms with Gasteiger partial charge >= 0.3 is 0 Å². The first-order valence-electron chi connectivity index (χ1n) is 9.83. The summed E-state index contributed by atoms with van der Waals surface area (Å²) in [6.07, 6.45) is 6.94. The van der Waals surface area contributed by atoms with E-state index >= 15 is 0 Å². The second-order valence-electron chi connectivity index (χ2n) is 7.64. The van der Waals surface area contributed by atoms with Crippen LogP contribution in [-0.2, 0) is 0 Å². The molecule has 0 amide bonds. The van der Waals surface area contributed by atoms with Gasteiger partial charge in [-0.15, -0.1) is 0 Å². The van der Waals surface area contributed by atoms with Crippen LogP contribution in [-0.4, -0.2) is 0 Å². The number of nitrogens with zero attached hydrogens (tertiary/aromatic N) is 1. The van der Waals surface area contributed by atoms with Crippen molar-refractivity contribution in [3.05, 3.63) is 93.1 Å². The number of hydrogen-bond acceptors (Lipinski definition) is 1. The van der Waals surface area contributed by atoms with Gasteiger partial charge in [-0.25, -0.2) is 0 Å². The Bertz CT molecular complexity index is 1060. The summed E-state index contributed by atoms with van der Waals surface area (Å²) in [6, 6.07) is 13.3. The monoisotopic (exact) mass is 365 g/mol. The van der Waals surface area contributed by atoms with Crippen LogP contribution in [0, 0.1) is 63.7 Å². The molecular formula is C27H27N. The fraction of sp³-hybridized carbons (Fsp3) is 0.296. The summed E-state index contributed by atoms with van der Waals surface area (Å²) in [4.78, 5) is 0. The molecule has 2 atom stereocenters. The highest BCUT2D eigenvalue weighted by Gasteiger charge is 2.23. The lowest BCUT2D eigenvalue weighted by molar-refractivity contribution is 0.926. The number of benzene rings is 2. The molecule has 2 unspecified atom stereocenters. The SMILES string of the molecule is Cc1cccc(C(C2=CCC#CC(C#N)C=C2)c2ccc(C)c(C)c2C)c1C. The van der Waals surface area contributed by atoms with Crippen molar-refractivity contribution in [2.75, 3.05) is 0 Å². The lowest BCUT2D eigenvalue weighted by Gasteiger charge is -2.26. The molecule has 0 saturated carbocycles. The van der Waals surface area contributed by atoms with Gasteiger partial charge in [0.2, 0.25) is 0 Å². The molecule has 1 nitrogen and oxygen atoms in total. The molecule has 0 radical (unpaired) electrons. The molecule has 0 fully saturated rings. The van der Waals surface area contributed by atoms with Crippen molar-refractivity contribution in [1.29, 1.82) is 5.26 Å². The first-order valence-corrected chi connectivity index (χ1v) is 9.83. The number of allylic oxidation sites excluding steroid dienone is 4. The van der Waals surface area contributed by atoms with E-state index in [9.17, 15) is 5.26 Å². The van der Waals surface area contributed by atoms with E-state index in [2.05, 4.69) is 95.0 Å². The van der Waals surface area contributed by atoms with Gasteiger partial charge in [0.15, 0.2) is 0 Å². The minimum Gasteiger partial charge on any atom is -0.197 e. The number of nitriles is 1. The van der Waals surface area contributed by atoms with Gasteiger partial charge in [0.05, 0.1) is 6.07 Å². The number of rotatable bonds is 3. The normalized spacial score (nSPS) is 16.9. The van der Waals surface area contributed by atoms with Gasteiger partial charge in [0.25, 0.3) is 0 Å². The highest BCUT2D eigenvalue weighted by molar-refractivity contribution is 5.54. The largest absolute Gasteiger partial charge is 0.197 e. The van der Waals surface area contributed by atoms with Crippen molar-refractivity contribution in [2.45, 2.75) is 47.0 Å². The van der Waals surface area contributed by atoms with Gasteiger partial charge in [0.1, 0.15) is 5.92 Å². The Morgan fingerprint density at radius 1 is 0.929 bits per heavy atom. The predicted molar refractivity (Wildman–Crippen MR) is 117 cm³/mol. The molecule has 0 N–H and O–H groups in total. The van der Waals surface area contributed by atoms with E-state index in [1.165, 1.54) is 44.5 Å². The molecule has 0 bridgehead atoms. The zero-order chi connectivity index (χ0) is 20.3. The quantitative estimate of drug-likeness (QED) is 0.578. The first-order chi connectivity index (χ1) is 13.4. The van der Waals surface area contributed by atoms with E-state index in [-0.39, 0.29) is 11.8 Å². The standard InChI is InChI=1S/C27H27N/c1-18-9-8-12-25(21(18)4)27(26-16-13-19(2)20(3)22(26)5)24-11-7-6-10-23(17-28)14-15-24/h8-9,11-16,23,27H,7H2,1-5H3. The van der Waals surface area contributed by atoms with Crippen molar-refractivity contribution < 1.29 is 0 Å². The van der Waals surface area contributed by atoms with Gasteiger partial charge in [-0.2, -0.15) is 5.26 Å². The second-order valence-corrected chi connectivity index (χ2v) is 7.64. The number of hydrogen-bond donors (Lipinski definition) is 0. The maximum atomic E-state index is 9.34. The average molecular weight is 366 g/mol. The molecule has 140 valence electrons. The minimum atomic E-state index is -0.344. The van der Waals surface area contributed by atoms with Crippen LogP contribution in [0.25, 0.3) is 0 Å². The van der Waals surface area contributed by atoms with Gasteiger partial charge in [-0.1, -0.05) is 60.4 Å². The highest BCUT2D eigenvalue weighted by atomic mass is 14.3. The molecule has 2 aromatic carbocycles. The Labute approximate surface area is 169 Å². The molecule has 1 aliphatic rings. The van der Waals surface area contributed by atoms with Crippen LogP contribution in [0.5, 0.6) is 0 Å². The Balaban J connectivity index is 2.25. The topological polar surface area (TPSA) is 23.8 Å². The molecule has 0 aliphatic heterocycles. The Kier molecular flexibility index (Phi) is 5.87. The molecule has 3 rings (SSSR count). The summed E-state index contributed by atoms with van der Waals surface area (Å²) in [5.41, 5.74) is 10.5. The van der Waals surface area contributed by atoms with Gasteiger partial charge in [0, 0.05) is 12.3 Å². The maximum Gasteiger partial charge on any atom is 0.125 e. The van der Waals surface area contributed by atoms with Crippen molar-refractivity contribution in [3.63, 3.8) is 0 Å². The van der Waals surface area contributed by atoms with Crippen LogP contribution in [0.1, 0.15) is 51.3 Å². The van der Waals surface area contributed by atoms with E-state index in [1.54, 1.807) is 0 Å². The molecule has 2 aromatic rings. The predicted octanol–water partition coefficient (Wildman–Crippen LogP) is 6.39. The highest BCUT2D eigenvalue weighted by Crippen LogP contribution is 2.38. The molecule has 28 heavy (non-hydrogen) atoms. The van der Waals surface area contributed by atoms with Crippen LogP contribution in [0.3, 0.4) is 0 Å². The van der Waals surface area contributed by atoms with Crippen LogP contribution in [0.4, 0.5) is 0 Å². The van der Waals surface area contributed by atoms with E-state index in [1.807, 2.05) is 6.08 Å². The summed E-state index contributed by atoms with van der Waals surface area (Å²) in [5, 5.41) is 9.34. The van der Waals surface area contributed by atoms with Gasteiger partial charge in [-0.3, -0.25) is 0 Å². The van der Waals surface area contributed by atoms with Crippen molar-refractivity contribution in [3.8, 4) is 17.9 Å². The molecule has 0 saturated heterocycles. The van der Waals surface area contributed by atoms with Crippen molar-refractivity contribution in [1.82, 2.24) is 0 Å². The Hall–Kier alpha value is -3.03. The molecule has 1 aliphatic carbocycles. The average Bonchev–Trinajstić information content (AvgIpc) is 2.66. The molecular weight excluding hydrogens is 338 g/mol. The second kappa shape index (κ2) is 8.33. The Morgan fingerprint density at radius 3 is 2.39 bits per heavy atom. The van der Waals surface area contributed by atoms with Gasteiger partial charge < -0.3 is 0 Å². The van der Waals surface area contributed by atoms with Crippen LogP contribution in [0.2, 0.25) is 0 Å². The zero-order valence-electron chi connectivity index (χ0n) is 17.4. The van der Waals surface area contributed by atoms with Crippen molar-refractivity contribution >= 4 is 0 Å². The lowest BCUT2D eigenvalue weighted by Crippen LogP contribution is -2.10. The molecule has 0 aromatic heterocycles. The third-order valence-corrected chi connectivity index (χ3v) is 6.02. The summed E-state index contributed by atoms with van der Waals surface area (Å²) in [6.45, 7) is 11.0. The fourth-order valence-corrected chi connectivity index (χ4v) is 3.85. The summed E-state index contributed by atoms with van der Waals surface area (Å²) in [7, 11) is 0. The van der Waals surface area contributed by atoms with Crippen LogP contribution >= 0.6 is 0 Å². The van der Waals surface area contributed by atoms with Crippen LogP contribution < -0.4 is 0 Å². The van der Waals surface area contributed by atoms with E-state index in [4.69, 9.17) is 0 Å². The molecule has 0 spiro atoms. The van der Waals surface area contributed by atoms with Crippen molar-refractivity contribution in [2.24, 2.45) is 5.92 Å². The third kappa shape index (κ3) is 3.81. The van der Waals surface area contributed by atoms with Gasteiger partial charge in [-0.05, 0) is 79.1 Å². The minimum absolute atomic E-state index is 0.134. The van der Waals surface area contributed by atoms with E-state index in [0.717, 1.165) is 0 Å². The lowest BCUT2D eigenvalue weighted by atomic mass is 9.78. The molecule has 1 heteroatoms. The fourth-order valence-electron chi connectivity index (χ4n) is 3.85. The van der Waals surface area contributed by atoms with Crippen LogP contribution in [0.15, 0.2) is 54.1 Å². The number of aryl methyl sites for hydroxylation is 2. The first kappa shape index (κ1) is 19.7. The Morgan fingerprint density at radius 2 is 1.64 bits per heavy atom. The summed E-state index contributed by atoms with van der Waals surface area (Å²) in [5.74, 6) is 5.94. The molecule has 0 heterocycles. The zero-order valence-corrected chi connectivity index (χ0v) is 17.4.